The van der Waals surface area contributed by atoms with E-state index in [0.717, 1.165) is 5.92 Å². The molecule has 0 aromatic heterocycles. The van der Waals surface area contributed by atoms with Gasteiger partial charge in [0.2, 0.25) is 0 Å². The first kappa shape index (κ1) is 16.9. The first-order valence-electron chi connectivity index (χ1n) is 7.10. The third-order valence-corrected chi connectivity index (χ3v) is 3.12. The van der Waals surface area contributed by atoms with Gasteiger partial charge in [0.15, 0.2) is 0 Å². The van der Waals surface area contributed by atoms with Crippen LogP contribution in [-0.4, -0.2) is 17.0 Å². The van der Waals surface area contributed by atoms with Crippen LogP contribution in [0.15, 0.2) is 0 Å². The second-order valence-corrected chi connectivity index (χ2v) is 5.02. The number of carbonyl (C=O) groups is 2. The number of carbonyl (C=O) groups excluding carboxylic acids is 1. The Morgan fingerprint density at radius 1 is 1.06 bits per heavy atom. The maximum Gasteiger partial charge on any atom is 0.394 e. The molecular weight excluding hydrogens is 230 g/mol. The number of amides is 1. The number of primary amides is 1. The molecule has 0 aromatic carbocycles. The summed E-state index contributed by atoms with van der Waals surface area (Å²) in [5, 5.41) is 7.52. The average Bonchev–Trinajstić information content (AvgIpc) is 3.12. The number of carboxylic acids is 1. The van der Waals surface area contributed by atoms with E-state index in [1.54, 1.807) is 0 Å². The molecule has 1 amide bonds. The van der Waals surface area contributed by atoms with E-state index in [9.17, 15) is 9.59 Å². The van der Waals surface area contributed by atoms with Crippen molar-refractivity contribution >= 4 is 11.9 Å². The van der Waals surface area contributed by atoms with Gasteiger partial charge in [0, 0.05) is 0 Å². The fourth-order valence-corrected chi connectivity index (χ4v) is 1.80. The van der Waals surface area contributed by atoms with Crippen LogP contribution < -0.4 is 5.73 Å². The van der Waals surface area contributed by atoms with Crippen LogP contribution in [-0.2, 0) is 9.59 Å². The summed E-state index contributed by atoms with van der Waals surface area (Å²) in [6.07, 6.45) is 14.9. The van der Waals surface area contributed by atoms with Crippen LogP contribution in [0.1, 0.15) is 71.1 Å². The van der Waals surface area contributed by atoms with Crippen molar-refractivity contribution in [3.8, 4) is 0 Å². The predicted octanol–water partition coefficient (Wildman–Crippen LogP) is 3.09. The molecule has 0 unspecified atom stereocenters. The van der Waals surface area contributed by atoms with Gasteiger partial charge in [-0.05, 0) is 5.92 Å². The van der Waals surface area contributed by atoms with Crippen LogP contribution in [0.3, 0.4) is 0 Å². The molecule has 3 N–H and O–H groups in total. The Bertz CT molecular complexity index is 225. The summed E-state index contributed by atoms with van der Waals surface area (Å²) in [7, 11) is 0. The van der Waals surface area contributed by atoms with E-state index in [1.807, 2.05) is 0 Å². The van der Waals surface area contributed by atoms with Gasteiger partial charge in [0.05, 0.1) is 0 Å². The van der Waals surface area contributed by atoms with Crippen LogP contribution >= 0.6 is 0 Å². The first-order chi connectivity index (χ1) is 8.57. The number of nitrogens with two attached hydrogens (primary N) is 1. The van der Waals surface area contributed by atoms with Crippen molar-refractivity contribution in [2.24, 2.45) is 11.7 Å². The van der Waals surface area contributed by atoms with E-state index in [0.29, 0.717) is 0 Å². The highest BCUT2D eigenvalue weighted by atomic mass is 16.4. The molecule has 0 heterocycles. The Balaban J connectivity index is 0.000000411. The second kappa shape index (κ2) is 11.1. The minimum atomic E-state index is -1.60. The molecule has 106 valence electrons. The number of rotatable bonds is 8. The summed E-state index contributed by atoms with van der Waals surface area (Å²) < 4.78 is 0. The molecule has 4 heteroatoms. The van der Waals surface area contributed by atoms with Crippen LogP contribution in [0.2, 0.25) is 0 Å². The fourth-order valence-electron chi connectivity index (χ4n) is 1.80. The zero-order valence-electron chi connectivity index (χ0n) is 11.5. The fraction of sp³-hybridized carbons (Fsp3) is 0.857. The van der Waals surface area contributed by atoms with Crippen LogP contribution in [0, 0.1) is 5.92 Å². The molecule has 0 saturated heterocycles. The summed E-state index contributed by atoms with van der Waals surface area (Å²) in [6.45, 7) is 2.28. The summed E-state index contributed by atoms with van der Waals surface area (Å²) in [5.74, 6) is -1.77. The molecule has 1 aliphatic carbocycles. The molecule has 0 spiro atoms. The van der Waals surface area contributed by atoms with Gasteiger partial charge in [0.25, 0.3) is 0 Å². The Morgan fingerprint density at radius 2 is 1.50 bits per heavy atom. The SMILES string of the molecule is CCCCCCCCCC1CC1.NC(=O)C(=O)O. The van der Waals surface area contributed by atoms with E-state index >= 15 is 0 Å². The largest absolute Gasteiger partial charge is 0.474 e. The van der Waals surface area contributed by atoms with Crippen molar-refractivity contribution in [3.05, 3.63) is 0 Å². The smallest absolute Gasteiger partial charge is 0.394 e. The third kappa shape index (κ3) is 13.0. The quantitative estimate of drug-likeness (QED) is 0.518. The summed E-state index contributed by atoms with van der Waals surface area (Å²) in [5.41, 5.74) is 4.20. The Kier molecular flexibility index (Phi) is 10.4. The Hall–Kier alpha value is -1.06. The molecule has 1 fully saturated rings. The number of aliphatic carboxylic acids is 1. The number of carboxylic acid groups (broad SMARTS) is 1. The van der Waals surface area contributed by atoms with Crippen molar-refractivity contribution in [1.29, 1.82) is 0 Å². The maximum atomic E-state index is 9.32. The highest BCUT2D eigenvalue weighted by molar-refractivity contribution is 6.30. The van der Waals surface area contributed by atoms with Gasteiger partial charge >= 0.3 is 11.9 Å². The number of hydrogen-bond acceptors (Lipinski definition) is 2. The van der Waals surface area contributed by atoms with Crippen LogP contribution in [0.5, 0.6) is 0 Å². The average molecular weight is 257 g/mol. The van der Waals surface area contributed by atoms with E-state index in [1.165, 1.54) is 64.2 Å². The lowest BCUT2D eigenvalue weighted by molar-refractivity contribution is -0.148. The summed E-state index contributed by atoms with van der Waals surface area (Å²) in [4.78, 5) is 18.5. The van der Waals surface area contributed by atoms with Gasteiger partial charge in [-0.15, -0.1) is 0 Å². The highest BCUT2D eigenvalue weighted by Gasteiger charge is 2.19. The minimum Gasteiger partial charge on any atom is -0.474 e. The lowest BCUT2D eigenvalue weighted by Gasteiger charge is -1.99. The molecule has 0 bridgehead atoms. The van der Waals surface area contributed by atoms with E-state index < -0.39 is 11.9 Å². The van der Waals surface area contributed by atoms with E-state index in [2.05, 4.69) is 12.7 Å². The van der Waals surface area contributed by atoms with Crippen molar-refractivity contribution in [2.75, 3.05) is 0 Å². The molecule has 1 aliphatic rings. The van der Waals surface area contributed by atoms with Gasteiger partial charge < -0.3 is 10.8 Å². The molecule has 0 radical (unpaired) electrons. The second-order valence-electron chi connectivity index (χ2n) is 5.02. The molecule has 18 heavy (non-hydrogen) atoms. The van der Waals surface area contributed by atoms with Gasteiger partial charge in [0.1, 0.15) is 0 Å². The number of unbranched alkanes of at least 4 members (excludes halogenated alkanes) is 6. The zero-order valence-corrected chi connectivity index (χ0v) is 11.5. The van der Waals surface area contributed by atoms with Gasteiger partial charge in [-0.25, -0.2) is 4.79 Å². The highest BCUT2D eigenvalue weighted by Crippen LogP contribution is 2.34. The molecule has 1 saturated carbocycles. The zero-order chi connectivity index (χ0) is 13.8. The van der Waals surface area contributed by atoms with Crippen molar-refractivity contribution in [1.82, 2.24) is 0 Å². The standard InChI is InChI=1S/C12H24.C2H3NO3/c1-2-3-4-5-6-7-8-9-12-10-11-12;3-1(4)2(5)6/h12H,2-11H2,1H3;(H2,3,4)(H,5,6). The lowest BCUT2D eigenvalue weighted by atomic mass is 10.1. The normalized spacial score (nSPS) is 13.6. The Labute approximate surface area is 110 Å². The topological polar surface area (TPSA) is 80.4 Å². The molecule has 0 aromatic rings. The molecule has 4 nitrogen and oxygen atoms in total. The van der Waals surface area contributed by atoms with E-state index in [-0.39, 0.29) is 0 Å². The minimum absolute atomic E-state index is 1.15. The van der Waals surface area contributed by atoms with Crippen LogP contribution in [0.4, 0.5) is 0 Å². The maximum absolute atomic E-state index is 9.32. The molecule has 0 atom stereocenters. The van der Waals surface area contributed by atoms with Crippen molar-refractivity contribution < 1.29 is 14.7 Å². The van der Waals surface area contributed by atoms with Gasteiger partial charge in [-0.1, -0.05) is 71.1 Å². The van der Waals surface area contributed by atoms with Crippen molar-refractivity contribution in [3.63, 3.8) is 0 Å². The van der Waals surface area contributed by atoms with Gasteiger partial charge in [-0.2, -0.15) is 0 Å². The lowest BCUT2D eigenvalue weighted by Crippen LogP contribution is -2.21. The summed E-state index contributed by atoms with van der Waals surface area (Å²) in [6, 6.07) is 0. The first-order valence-corrected chi connectivity index (χ1v) is 7.10. The van der Waals surface area contributed by atoms with Gasteiger partial charge in [-0.3, -0.25) is 4.79 Å². The molecular formula is C14H27NO3. The van der Waals surface area contributed by atoms with Crippen LogP contribution in [0.25, 0.3) is 0 Å². The summed E-state index contributed by atoms with van der Waals surface area (Å²) >= 11 is 0. The van der Waals surface area contributed by atoms with E-state index in [4.69, 9.17) is 5.11 Å². The monoisotopic (exact) mass is 257 g/mol. The molecule has 1 rings (SSSR count). The third-order valence-electron chi connectivity index (χ3n) is 3.12. The van der Waals surface area contributed by atoms with Crippen molar-refractivity contribution in [2.45, 2.75) is 71.1 Å². The predicted molar refractivity (Wildman–Crippen MR) is 72.2 cm³/mol. The molecule has 0 aliphatic heterocycles. The number of hydrogen-bond donors (Lipinski definition) is 2. The Morgan fingerprint density at radius 3 is 1.89 bits per heavy atom.